The number of likely N-dealkylation sites (tertiary alicyclic amines) is 1. The third-order valence-corrected chi connectivity index (χ3v) is 3.28. The molecule has 0 bridgehead atoms. The van der Waals surface area contributed by atoms with Crippen LogP contribution in [-0.4, -0.2) is 50.0 Å². The molecule has 0 radical (unpaired) electrons. The summed E-state index contributed by atoms with van der Waals surface area (Å²) >= 11 is 0. The summed E-state index contributed by atoms with van der Waals surface area (Å²) in [5, 5.41) is 0. The largest absolute Gasteiger partial charge is 0.378 e. The maximum absolute atomic E-state index is 5.87. The van der Waals surface area contributed by atoms with E-state index in [1.807, 2.05) is 13.8 Å². The molecule has 0 saturated carbocycles. The SMILES string of the molecule is CC.CC(C)COC1CCN(C2COC2)CC1. The van der Waals surface area contributed by atoms with Gasteiger partial charge < -0.3 is 9.47 Å². The van der Waals surface area contributed by atoms with E-state index in [4.69, 9.17) is 9.47 Å². The topological polar surface area (TPSA) is 21.7 Å². The third kappa shape index (κ3) is 4.94. The monoisotopic (exact) mass is 243 g/mol. The van der Waals surface area contributed by atoms with Gasteiger partial charge in [-0.2, -0.15) is 0 Å². The highest BCUT2D eigenvalue weighted by molar-refractivity contribution is 4.82. The highest BCUT2D eigenvalue weighted by Crippen LogP contribution is 2.19. The lowest BCUT2D eigenvalue weighted by Crippen LogP contribution is -2.52. The van der Waals surface area contributed by atoms with Crippen LogP contribution in [0.2, 0.25) is 0 Å². The Labute approximate surface area is 106 Å². The Balaban J connectivity index is 0.000000686. The van der Waals surface area contributed by atoms with Crippen LogP contribution in [0.5, 0.6) is 0 Å². The predicted octanol–water partition coefficient (Wildman–Crippen LogP) is 2.55. The molecule has 2 rings (SSSR count). The minimum atomic E-state index is 0.504. The molecule has 0 N–H and O–H groups in total. The summed E-state index contributed by atoms with van der Waals surface area (Å²) in [6.45, 7) is 13.6. The van der Waals surface area contributed by atoms with Gasteiger partial charge in [-0.3, -0.25) is 4.90 Å². The molecule has 0 aromatic carbocycles. The molecule has 0 unspecified atom stereocenters. The van der Waals surface area contributed by atoms with Crippen molar-refractivity contribution in [3.05, 3.63) is 0 Å². The van der Waals surface area contributed by atoms with Crippen molar-refractivity contribution in [2.75, 3.05) is 32.9 Å². The molecule has 3 heteroatoms. The average Bonchev–Trinajstić information content (AvgIpc) is 2.28. The number of nitrogens with zero attached hydrogens (tertiary/aromatic N) is 1. The summed E-state index contributed by atoms with van der Waals surface area (Å²) in [5.74, 6) is 0.656. The molecule has 2 heterocycles. The van der Waals surface area contributed by atoms with E-state index < -0.39 is 0 Å². The zero-order valence-electron chi connectivity index (χ0n) is 11.9. The van der Waals surface area contributed by atoms with Crippen molar-refractivity contribution in [1.82, 2.24) is 4.90 Å². The standard InChI is InChI=1S/C12H23NO2.C2H6/c1-10(2)7-15-12-3-5-13(6-4-12)11-8-14-9-11;1-2/h10-12H,3-9H2,1-2H3;1-2H3. The summed E-state index contributed by atoms with van der Waals surface area (Å²) in [5.41, 5.74) is 0. The van der Waals surface area contributed by atoms with Crippen molar-refractivity contribution in [3.8, 4) is 0 Å². The maximum atomic E-state index is 5.87. The number of hydrogen-bond donors (Lipinski definition) is 0. The number of ether oxygens (including phenoxy) is 2. The Morgan fingerprint density at radius 2 is 1.76 bits per heavy atom. The fraction of sp³-hybridized carbons (Fsp3) is 1.00. The molecule has 0 atom stereocenters. The lowest BCUT2D eigenvalue weighted by atomic mass is 10.0. The maximum Gasteiger partial charge on any atom is 0.0645 e. The van der Waals surface area contributed by atoms with E-state index in [-0.39, 0.29) is 0 Å². The molecule has 2 aliphatic heterocycles. The lowest BCUT2D eigenvalue weighted by molar-refractivity contribution is -0.0882. The van der Waals surface area contributed by atoms with E-state index in [9.17, 15) is 0 Å². The van der Waals surface area contributed by atoms with Gasteiger partial charge in [0, 0.05) is 19.7 Å². The van der Waals surface area contributed by atoms with Gasteiger partial charge in [-0.15, -0.1) is 0 Å². The van der Waals surface area contributed by atoms with Gasteiger partial charge in [-0.25, -0.2) is 0 Å². The zero-order valence-corrected chi connectivity index (χ0v) is 11.9. The second-order valence-electron chi connectivity index (χ2n) is 5.15. The van der Waals surface area contributed by atoms with Crippen molar-refractivity contribution >= 4 is 0 Å². The van der Waals surface area contributed by atoms with Gasteiger partial charge in [-0.1, -0.05) is 27.7 Å². The van der Waals surface area contributed by atoms with E-state index >= 15 is 0 Å². The molecule has 102 valence electrons. The highest BCUT2D eigenvalue weighted by atomic mass is 16.5. The summed E-state index contributed by atoms with van der Waals surface area (Å²) in [6, 6.07) is 0.705. The Kier molecular flexibility index (Phi) is 7.09. The van der Waals surface area contributed by atoms with Crippen molar-refractivity contribution < 1.29 is 9.47 Å². The molecule has 0 aliphatic carbocycles. The second kappa shape index (κ2) is 8.06. The van der Waals surface area contributed by atoms with Gasteiger partial charge in [-0.05, 0) is 18.8 Å². The van der Waals surface area contributed by atoms with Crippen molar-refractivity contribution in [2.24, 2.45) is 5.92 Å². The summed E-state index contributed by atoms with van der Waals surface area (Å²) in [6.07, 6.45) is 2.90. The first-order chi connectivity index (χ1) is 8.25. The van der Waals surface area contributed by atoms with E-state index in [1.165, 1.54) is 25.9 Å². The fourth-order valence-corrected chi connectivity index (χ4v) is 2.17. The van der Waals surface area contributed by atoms with Crippen LogP contribution in [0.25, 0.3) is 0 Å². The quantitative estimate of drug-likeness (QED) is 0.757. The van der Waals surface area contributed by atoms with Crippen LogP contribution in [0.1, 0.15) is 40.5 Å². The lowest BCUT2D eigenvalue weighted by Gasteiger charge is -2.41. The number of hydrogen-bond acceptors (Lipinski definition) is 3. The Morgan fingerprint density at radius 1 is 1.18 bits per heavy atom. The van der Waals surface area contributed by atoms with Gasteiger partial charge in [0.05, 0.1) is 25.4 Å². The van der Waals surface area contributed by atoms with E-state index in [0.29, 0.717) is 18.1 Å². The van der Waals surface area contributed by atoms with Crippen LogP contribution in [0.4, 0.5) is 0 Å². The molecule has 0 amide bonds. The van der Waals surface area contributed by atoms with Crippen LogP contribution in [0, 0.1) is 5.92 Å². The average molecular weight is 243 g/mol. The molecular weight excluding hydrogens is 214 g/mol. The first-order valence-electron chi connectivity index (χ1n) is 7.19. The van der Waals surface area contributed by atoms with Gasteiger partial charge in [0.15, 0.2) is 0 Å². The molecular formula is C14H29NO2. The molecule has 3 nitrogen and oxygen atoms in total. The molecule has 2 fully saturated rings. The molecule has 0 aromatic rings. The first kappa shape index (κ1) is 14.9. The summed E-state index contributed by atoms with van der Waals surface area (Å²) in [4.78, 5) is 2.55. The summed E-state index contributed by atoms with van der Waals surface area (Å²) in [7, 11) is 0. The van der Waals surface area contributed by atoms with Gasteiger partial charge in [0.1, 0.15) is 0 Å². The third-order valence-electron chi connectivity index (χ3n) is 3.28. The van der Waals surface area contributed by atoms with Crippen molar-refractivity contribution in [2.45, 2.75) is 52.7 Å². The first-order valence-corrected chi connectivity index (χ1v) is 7.19. The van der Waals surface area contributed by atoms with Crippen LogP contribution >= 0.6 is 0 Å². The van der Waals surface area contributed by atoms with E-state index in [2.05, 4.69) is 18.7 Å². The predicted molar refractivity (Wildman–Crippen MR) is 71.3 cm³/mol. The van der Waals surface area contributed by atoms with Gasteiger partial charge >= 0.3 is 0 Å². The molecule has 2 saturated heterocycles. The van der Waals surface area contributed by atoms with Crippen LogP contribution in [-0.2, 0) is 9.47 Å². The fourth-order valence-electron chi connectivity index (χ4n) is 2.17. The van der Waals surface area contributed by atoms with Crippen molar-refractivity contribution in [1.29, 1.82) is 0 Å². The Bertz CT molecular complexity index is 185. The molecule has 2 aliphatic rings. The van der Waals surface area contributed by atoms with E-state index in [0.717, 1.165) is 19.8 Å². The smallest absolute Gasteiger partial charge is 0.0645 e. The van der Waals surface area contributed by atoms with Crippen LogP contribution < -0.4 is 0 Å². The Morgan fingerprint density at radius 3 is 2.18 bits per heavy atom. The van der Waals surface area contributed by atoms with Gasteiger partial charge in [0.2, 0.25) is 0 Å². The molecule has 0 spiro atoms. The summed E-state index contributed by atoms with van der Waals surface area (Å²) < 4.78 is 11.1. The highest BCUT2D eigenvalue weighted by Gasteiger charge is 2.29. The van der Waals surface area contributed by atoms with Gasteiger partial charge in [0.25, 0.3) is 0 Å². The molecule has 17 heavy (non-hydrogen) atoms. The minimum Gasteiger partial charge on any atom is -0.378 e. The second-order valence-corrected chi connectivity index (χ2v) is 5.15. The number of piperidine rings is 1. The van der Waals surface area contributed by atoms with Crippen LogP contribution in [0.3, 0.4) is 0 Å². The Hall–Kier alpha value is -0.120. The van der Waals surface area contributed by atoms with Crippen LogP contribution in [0.15, 0.2) is 0 Å². The molecule has 0 aromatic heterocycles. The normalized spacial score (nSPS) is 23.1. The number of rotatable bonds is 4. The minimum absolute atomic E-state index is 0.504. The van der Waals surface area contributed by atoms with E-state index in [1.54, 1.807) is 0 Å². The zero-order chi connectivity index (χ0) is 12.7. The van der Waals surface area contributed by atoms with Crippen molar-refractivity contribution in [3.63, 3.8) is 0 Å².